The molecule has 2 amide bonds. The summed E-state index contributed by atoms with van der Waals surface area (Å²) in [5.41, 5.74) is 2.85. The molecule has 4 aromatic rings. The highest BCUT2D eigenvalue weighted by Crippen LogP contribution is 2.25. The number of nitrogens with one attached hydrogen (secondary N) is 4. The minimum atomic E-state index is -0.174. The predicted octanol–water partition coefficient (Wildman–Crippen LogP) is 5.25. The summed E-state index contributed by atoms with van der Waals surface area (Å²) >= 11 is 2.63. The molecule has 0 unspecified atom stereocenters. The minimum Gasteiger partial charge on any atom is -0.360 e. The average Bonchev–Trinajstić information content (AvgIpc) is 3.40. The maximum atomic E-state index is 12.5. The molecular formula is C24H24N6O2S2. The fraction of sp³-hybridized carbons (Fsp3) is 0.167. The zero-order valence-electron chi connectivity index (χ0n) is 18.7. The smallest absolute Gasteiger partial charge is 0.267 e. The second-order valence-electron chi connectivity index (χ2n) is 7.36. The van der Waals surface area contributed by atoms with Gasteiger partial charge in [0.2, 0.25) is 0 Å². The molecule has 0 spiro atoms. The number of benzene rings is 2. The van der Waals surface area contributed by atoms with E-state index in [4.69, 9.17) is 0 Å². The van der Waals surface area contributed by atoms with Gasteiger partial charge in [-0.2, -0.15) is 0 Å². The van der Waals surface area contributed by atoms with Crippen LogP contribution < -0.4 is 21.3 Å². The molecule has 0 bridgehead atoms. The maximum absolute atomic E-state index is 12.5. The van der Waals surface area contributed by atoms with Gasteiger partial charge < -0.3 is 21.3 Å². The Morgan fingerprint density at radius 1 is 0.676 bits per heavy atom. The number of carbonyl (C=O) groups excluding carboxylic acids is 2. The first-order valence-electron chi connectivity index (χ1n) is 10.6. The summed E-state index contributed by atoms with van der Waals surface area (Å²) in [4.78, 5) is 35.1. The molecular weight excluding hydrogens is 468 g/mol. The van der Waals surface area contributed by atoms with Crippen molar-refractivity contribution >= 4 is 56.1 Å². The van der Waals surface area contributed by atoms with Gasteiger partial charge in [0.1, 0.15) is 9.75 Å². The van der Waals surface area contributed by atoms with Crippen molar-refractivity contribution in [2.24, 2.45) is 0 Å². The van der Waals surface area contributed by atoms with E-state index in [1.54, 1.807) is 0 Å². The van der Waals surface area contributed by atoms with Crippen LogP contribution in [0.3, 0.4) is 0 Å². The maximum Gasteiger partial charge on any atom is 0.267 e. The highest BCUT2D eigenvalue weighted by atomic mass is 32.1. The van der Waals surface area contributed by atoms with Crippen molar-refractivity contribution in [2.75, 3.05) is 34.4 Å². The molecule has 2 aromatic carbocycles. The van der Waals surface area contributed by atoms with Crippen LogP contribution in [0.25, 0.3) is 0 Å². The monoisotopic (exact) mass is 492 g/mol. The summed E-state index contributed by atoms with van der Waals surface area (Å²) in [7, 11) is 0. The molecule has 4 N–H and O–H groups in total. The molecule has 0 atom stereocenters. The van der Waals surface area contributed by atoms with E-state index < -0.39 is 0 Å². The van der Waals surface area contributed by atoms with E-state index >= 15 is 0 Å². The molecule has 0 aliphatic rings. The molecule has 0 radical (unpaired) electrons. The number of rotatable bonds is 9. The van der Waals surface area contributed by atoms with Crippen LogP contribution in [0.2, 0.25) is 0 Å². The quantitative estimate of drug-likeness (QED) is 0.238. The van der Waals surface area contributed by atoms with Gasteiger partial charge in [0.05, 0.1) is 11.4 Å². The minimum absolute atomic E-state index is 0.174. The van der Waals surface area contributed by atoms with E-state index in [1.807, 2.05) is 74.5 Å². The Morgan fingerprint density at radius 2 is 1.06 bits per heavy atom. The number of thiazole rings is 2. The van der Waals surface area contributed by atoms with E-state index in [2.05, 4.69) is 31.2 Å². The third kappa shape index (κ3) is 5.97. The van der Waals surface area contributed by atoms with Crippen LogP contribution in [0.4, 0.5) is 21.6 Å². The highest BCUT2D eigenvalue weighted by Gasteiger charge is 2.17. The average molecular weight is 493 g/mol. The van der Waals surface area contributed by atoms with Crippen molar-refractivity contribution in [1.82, 2.24) is 9.97 Å². The third-order valence-electron chi connectivity index (χ3n) is 4.75. The first-order chi connectivity index (χ1) is 16.5. The summed E-state index contributed by atoms with van der Waals surface area (Å²) < 4.78 is 0. The molecule has 8 nitrogen and oxygen atoms in total. The van der Waals surface area contributed by atoms with Gasteiger partial charge in [-0.3, -0.25) is 9.59 Å². The van der Waals surface area contributed by atoms with Crippen LogP contribution in [0.1, 0.15) is 30.7 Å². The van der Waals surface area contributed by atoms with Gasteiger partial charge in [0, 0.05) is 24.5 Å². The first kappa shape index (κ1) is 23.4. The van der Waals surface area contributed by atoms with Gasteiger partial charge in [-0.25, -0.2) is 9.97 Å². The lowest BCUT2D eigenvalue weighted by Crippen LogP contribution is -2.13. The van der Waals surface area contributed by atoms with Crippen LogP contribution in [0, 0.1) is 13.8 Å². The Hall–Kier alpha value is -3.76. The van der Waals surface area contributed by atoms with Gasteiger partial charge >= 0.3 is 0 Å². The molecule has 2 heterocycles. The van der Waals surface area contributed by atoms with Gasteiger partial charge in [0.15, 0.2) is 10.3 Å². The number of hydrogen-bond donors (Lipinski definition) is 4. The highest BCUT2D eigenvalue weighted by molar-refractivity contribution is 7.18. The third-order valence-corrected chi connectivity index (χ3v) is 6.97. The molecule has 4 rings (SSSR count). The molecule has 0 aliphatic heterocycles. The molecule has 0 saturated heterocycles. The Morgan fingerprint density at radius 3 is 1.44 bits per heavy atom. The van der Waals surface area contributed by atoms with Crippen molar-refractivity contribution in [2.45, 2.75) is 13.8 Å². The fourth-order valence-corrected chi connectivity index (χ4v) is 4.90. The van der Waals surface area contributed by atoms with E-state index in [0.29, 0.717) is 44.5 Å². The second-order valence-corrected chi connectivity index (χ2v) is 9.36. The zero-order valence-corrected chi connectivity index (χ0v) is 20.3. The lowest BCUT2D eigenvalue weighted by Gasteiger charge is -2.04. The van der Waals surface area contributed by atoms with Gasteiger partial charge in [0.25, 0.3) is 11.8 Å². The summed E-state index contributed by atoms with van der Waals surface area (Å²) in [6.45, 7) is 4.80. The molecule has 2 aromatic heterocycles. The van der Waals surface area contributed by atoms with Crippen LogP contribution in [-0.4, -0.2) is 34.9 Å². The lowest BCUT2D eigenvalue weighted by molar-refractivity contribution is 0.102. The molecule has 0 aliphatic carbocycles. The number of aryl methyl sites for hydroxylation is 2. The van der Waals surface area contributed by atoms with Crippen molar-refractivity contribution in [1.29, 1.82) is 0 Å². The van der Waals surface area contributed by atoms with E-state index in [1.165, 1.54) is 22.7 Å². The van der Waals surface area contributed by atoms with Gasteiger partial charge in [-0.15, -0.1) is 0 Å². The summed E-state index contributed by atoms with van der Waals surface area (Å²) in [5, 5.41) is 13.6. The van der Waals surface area contributed by atoms with Gasteiger partial charge in [-0.05, 0) is 38.1 Å². The Labute approximate surface area is 205 Å². The number of para-hydroxylation sites is 2. The number of carbonyl (C=O) groups is 2. The summed E-state index contributed by atoms with van der Waals surface area (Å²) in [5.74, 6) is -0.348. The van der Waals surface area contributed by atoms with E-state index in [-0.39, 0.29) is 11.8 Å². The van der Waals surface area contributed by atoms with Gasteiger partial charge in [-0.1, -0.05) is 59.1 Å². The van der Waals surface area contributed by atoms with Crippen LogP contribution in [-0.2, 0) is 0 Å². The topological polar surface area (TPSA) is 108 Å². The van der Waals surface area contributed by atoms with Crippen LogP contribution in [0.15, 0.2) is 60.7 Å². The Kier molecular flexibility index (Phi) is 7.51. The van der Waals surface area contributed by atoms with E-state index in [9.17, 15) is 9.59 Å². The van der Waals surface area contributed by atoms with Crippen molar-refractivity contribution < 1.29 is 9.59 Å². The standard InChI is InChI=1S/C24H24N6O2S2/c1-15-19(21(31)29-17-9-5-3-6-10-17)33-23(27-15)25-13-14-26-24-28-16(2)20(34-24)22(32)30-18-11-7-4-8-12-18/h3-12H,13-14H2,1-2H3,(H,25,27)(H,26,28)(H,29,31)(H,30,32). The van der Waals surface area contributed by atoms with Crippen molar-refractivity contribution in [3.05, 3.63) is 81.8 Å². The molecule has 0 fully saturated rings. The Bertz CT molecular complexity index is 1170. The number of hydrogen-bond acceptors (Lipinski definition) is 8. The van der Waals surface area contributed by atoms with Crippen LogP contribution in [0.5, 0.6) is 0 Å². The zero-order chi connectivity index (χ0) is 23.9. The SMILES string of the molecule is Cc1nc(NCCNc2nc(C)c(C(=O)Nc3ccccc3)s2)sc1C(=O)Nc1ccccc1. The first-order valence-corrected chi connectivity index (χ1v) is 12.3. The Balaban J connectivity index is 1.27. The van der Waals surface area contributed by atoms with E-state index in [0.717, 1.165) is 11.4 Å². The largest absolute Gasteiger partial charge is 0.360 e. The van der Waals surface area contributed by atoms with Crippen molar-refractivity contribution in [3.63, 3.8) is 0 Å². The molecule has 10 heteroatoms. The second kappa shape index (κ2) is 10.9. The number of anilines is 4. The normalized spacial score (nSPS) is 10.5. The molecule has 34 heavy (non-hydrogen) atoms. The predicted molar refractivity (Wildman–Crippen MR) is 139 cm³/mol. The summed E-state index contributed by atoms with van der Waals surface area (Å²) in [6, 6.07) is 18.7. The number of amides is 2. The fourth-order valence-electron chi connectivity index (χ4n) is 3.12. The lowest BCUT2D eigenvalue weighted by atomic mass is 10.3. The van der Waals surface area contributed by atoms with Crippen molar-refractivity contribution in [3.8, 4) is 0 Å². The number of aromatic nitrogens is 2. The molecule has 174 valence electrons. The molecule has 0 saturated carbocycles. The van der Waals surface area contributed by atoms with Crippen LogP contribution >= 0.6 is 22.7 Å². The number of nitrogens with zero attached hydrogens (tertiary/aromatic N) is 2. The summed E-state index contributed by atoms with van der Waals surface area (Å²) in [6.07, 6.45) is 0.